The van der Waals surface area contributed by atoms with Gasteiger partial charge in [-0.3, -0.25) is 4.79 Å². The Morgan fingerprint density at radius 3 is 2.79 bits per heavy atom. The summed E-state index contributed by atoms with van der Waals surface area (Å²) >= 11 is 0. The summed E-state index contributed by atoms with van der Waals surface area (Å²) in [7, 11) is 0. The molecular weight excluding hydrogens is 246 g/mol. The SMILES string of the molecule is C#CCC(NC(=O)c1cc2ccccc2o1)C(=O)O. The van der Waals surface area contributed by atoms with E-state index in [1.165, 1.54) is 0 Å². The van der Waals surface area contributed by atoms with Gasteiger partial charge in [-0.25, -0.2) is 4.79 Å². The van der Waals surface area contributed by atoms with Gasteiger partial charge in [-0.2, -0.15) is 0 Å². The first kappa shape index (κ1) is 12.7. The van der Waals surface area contributed by atoms with Crippen LogP contribution in [0.1, 0.15) is 17.0 Å². The number of hydrogen-bond donors (Lipinski definition) is 2. The number of benzene rings is 1. The predicted octanol–water partition coefficient (Wildman–Crippen LogP) is 1.64. The van der Waals surface area contributed by atoms with Crippen molar-refractivity contribution in [2.24, 2.45) is 0 Å². The van der Waals surface area contributed by atoms with E-state index in [1.807, 2.05) is 6.07 Å². The Labute approximate surface area is 109 Å². The molecule has 0 spiro atoms. The van der Waals surface area contributed by atoms with Crippen LogP contribution >= 0.6 is 0 Å². The number of hydrogen-bond acceptors (Lipinski definition) is 3. The average molecular weight is 257 g/mol. The maximum Gasteiger partial charge on any atom is 0.327 e. The minimum Gasteiger partial charge on any atom is -0.480 e. The second-order valence-corrected chi connectivity index (χ2v) is 3.92. The van der Waals surface area contributed by atoms with Gasteiger partial charge in [0.2, 0.25) is 0 Å². The zero-order chi connectivity index (χ0) is 13.8. The molecule has 2 N–H and O–H groups in total. The molecule has 1 unspecified atom stereocenters. The Morgan fingerprint density at radius 2 is 2.16 bits per heavy atom. The van der Waals surface area contributed by atoms with Crippen LogP contribution in [0.4, 0.5) is 0 Å². The summed E-state index contributed by atoms with van der Waals surface area (Å²) in [6.07, 6.45) is 4.97. The second kappa shape index (κ2) is 5.27. The van der Waals surface area contributed by atoms with E-state index in [1.54, 1.807) is 24.3 Å². The van der Waals surface area contributed by atoms with Crippen LogP contribution in [0.3, 0.4) is 0 Å². The molecule has 2 rings (SSSR count). The highest BCUT2D eigenvalue weighted by Crippen LogP contribution is 2.18. The zero-order valence-corrected chi connectivity index (χ0v) is 9.92. The molecule has 96 valence electrons. The largest absolute Gasteiger partial charge is 0.480 e. The lowest BCUT2D eigenvalue weighted by molar-refractivity contribution is -0.139. The summed E-state index contributed by atoms with van der Waals surface area (Å²) in [4.78, 5) is 22.8. The molecule has 0 fully saturated rings. The first-order valence-corrected chi connectivity index (χ1v) is 5.57. The molecular formula is C14H11NO4. The minimum absolute atomic E-state index is 0.0597. The molecule has 5 nitrogen and oxygen atoms in total. The van der Waals surface area contributed by atoms with Crippen molar-refractivity contribution < 1.29 is 19.1 Å². The molecule has 2 aromatic rings. The Hall–Kier alpha value is -2.74. The van der Waals surface area contributed by atoms with Gasteiger partial charge in [0.05, 0.1) is 0 Å². The molecule has 0 aliphatic rings. The van der Waals surface area contributed by atoms with Crippen LogP contribution in [-0.2, 0) is 4.79 Å². The van der Waals surface area contributed by atoms with Gasteiger partial charge in [0, 0.05) is 11.8 Å². The van der Waals surface area contributed by atoms with Crippen LogP contribution in [0.2, 0.25) is 0 Å². The molecule has 19 heavy (non-hydrogen) atoms. The van der Waals surface area contributed by atoms with Gasteiger partial charge < -0.3 is 14.8 Å². The fraction of sp³-hybridized carbons (Fsp3) is 0.143. The number of carboxylic acid groups (broad SMARTS) is 1. The first-order chi connectivity index (χ1) is 9.11. The van der Waals surface area contributed by atoms with Gasteiger partial charge in [-0.15, -0.1) is 12.3 Å². The Bertz CT molecular complexity index is 632. The van der Waals surface area contributed by atoms with Crippen molar-refractivity contribution in [1.82, 2.24) is 5.32 Å². The second-order valence-electron chi connectivity index (χ2n) is 3.92. The lowest BCUT2D eigenvalue weighted by Crippen LogP contribution is -2.40. The van der Waals surface area contributed by atoms with Gasteiger partial charge in [-0.05, 0) is 12.1 Å². The summed E-state index contributed by atoms with van der Waals surface area (Å²) in [5.41, 5.74) is 0.566. The molecule has 0 radical (unpaired) electrons. The summed E-state index contributed by atoms with van der Waals surface area (Å²) in [6.45, 7) is 0. The average Bonchev–Trinajstić information content (AvgIpc) is 2.81. The van der Waals surface area contributed by atoms with Crippen molar-refractivity contribution in [3.05, 3.63) is 36.1 Å². The third kappa shape index (κ3) is 2.75. The number of fused-ring (bicyclic) bond motifs is 1. The number of rotatable bonds is 4. The molecule has 0 saturated heterocycles. The number of carboxylic acids is 1. The molecule has 1 aromatic heterocycles. The Kier molecular flexibility index (Phi) is 3.53. The summed E-state index contributed by atoms with van der Waals surface area (Å²) in [5.74, 6) is 0.489. The summed E-state index contributed by atoms with van der Waals surface area (Å²) in [5, 5.41) is 12.0. The lowest BCUT2D eigenvalue weighted by atomic mass is 10.2. The van der Waals surface area contributed by atoms with Crippen molar-refractivity contribution in [3.63, 3.8) is 0 Å². The van der Waals surface area contributed by atoms with E-state index in [4.69, 9.17) is 15.9 Å². The number of terminal acetylenes is 1. The predicted molar refractivity (Wildman–Crippen MR) is 68.6 cm³/mol. The van der Waals surface area contributed by atoms with Crippen LogP contribution in [0.25, 0.3) is 11.0 Å². The third-order valence-corrected chi connectivity index (χ3v) is 2.57. The van der Waals surface area contributed by atoms with E-state index in [2.05, 4.69) is 11.2 Å². The Morgan fingerprint density at radius 1 is 1.42 bits per heavy atom. The molecule has 0 bridgehead atoms. The molecule has 0 aliphatic heterocycles. The van der Waals surface area contributed by atoms with Crippen molar-refractivity contribution in [1.29, 1.82) is 0 Å². The zero-order valence-electron chi connectivity index (χ0n) is 9.92. The fourth-order valence-electron chi connectivity index (χ4n) is 1.64. The number of para-hydroxylation sites is 1. The van der Waals surface area contributed by atoms with Crippen LogP contribution in [0, 0.1) is 12.3 Å². The van der Waals surface area contributed by atoms with E-state index >= 15 is 0 Å². The standard InChI is InChI=1S/C14H11NO4/c1-2-5-10(14(17)18)15-13(16)12-8-9-6-3-4-7-11(9)19-12/h1,3-4,6-8,10H,5H2,(H,15,16)(H,17,18). The number of carbonyl (C=O) groups excluding carboxylic acids is 1. The molecule has 0 saturated carbocycles. The normalized spacial score (nSPS) is 11.7. The quantitative estimate of drug-likeness (QED) is 0.816. The monoisotopic (exact) mass is 257 g/mol. The molecule has 1 atom stereocenters. The highest BCUT2D eigenvalue weighted by molar-refractivity contribution is 5.97. The number of nitrogens with one attached hydrogen (secondary N) is 1. The van der Waals surface area contributed by atoms with Crippen molar-refractivity contribution >= 4 is 22.8 Å². The third-order valence-electron chi connectivity index (χ3n) is 2.57. The van der Waals surface area contributed by atoms with Gasteiger partial charge in [0.1, 0.15) is 11.6 Å². The van der Waals surface area contributed by atoms with E-state index in [0.717, 1.165) is 5.39 Å². The number of carbonyl (C=O) groups is 2. The molecule has 5 heteroatoms. The minimum atomic E-state index is -1.18. The topological polar surface area (TPSA) is 79.5 Å². The van der Waals surface area contributed by atoms with E-state index in [0.29, 0.717) is 5.58 Å². The van der Waals surface area contributed by atoms with Crippen LogP contribution in [-0.4, -0.2) is 23.0 Å². The highest BCUT2D eigenvalue weighted by Gasteiger charge is 2.21. The molecule has 0 aliphatic carbocycles. The number of aliphatic carboxylic acids is 1. The maximum atomic E-state index is 11.9. The number of furan rings is 1. The molecule has 1 aromatic carbocycles. The van der Waals surface area contributed by atoms with Crippen molar-refractivity contribution in [2.45, 2.75) is 12.5 Å². The van der Waals surface area contributed by atoms with E-state index in [9.17, 15) is 9.59 Å². The van der Waals surface area contributed by atoms with Gasteiger partial charge in [-0.1, -0.05) is 18.2 Å². The van der Waals surface area contributed by atoms with Gasteiger partial charge in [0.25, 0.3) is 5.91 Å². The highest BCUT2D eigenvalue weighted by atomic mass is 16.4. The van der Waals surface area contributed by atoms with Crippen LogP contribution in [0.5, 0.6) is 0 Å². The lowest BCUT2D eigenvalue weighted by Gasteiger charge is -2.09. The Balaban J connectivity index is 2.19. The van der Waals surface area contributed by atoms with E-state index in [-0.39, 0.29) is 12.2 Å². The smallest absolute Gasteiger partial charge is 0.327 e. The first-order valence-electron chi connectivity index (χ1n) is 5.57. The van der Waals surface area contributed by atoms with Crippen molar-refractivity contribution in [2.75, 3.05) is 0 Å². The summed E-state index contributed by atoms with van der Waals surface area (Å²) < 4.78 is 5.33. The van der Waals surface area contributed by atoms with Crippen LogP contribution in [0.15, 0.2) is 34.7 Å². The van der Waals surface area contributed by atoms with Crippen LogP contribution < -0.4 is 5.32 Å². The maximum absolute atomic E-state index is 11.9. The summed E-state index contributed by atoms with van der Waals surface area (Å²) in [6, 6.07) is 7.56. The van der Waals surface area contributed by atoms with Gasteiger partial charge >= 0.3 is 5.97 Å². The van der Waals surface area contributed by atoms with Gasteiger partial charge in [0.15, 0.2) is 5.76 Å². The fourth-order valence-corrected chi connectivity index (χ4v) is 1.64. The van der Waals surface area contributed by atoms with E-state index < -0.39 is 17.9 Å². The molecule has 1 heterocycles. The molecule has 1 amide bonds. The van der Waals surface area contributed by atoms with Crippen molar-refractivity contribution in [3.8, 4) is 12.3 Å². The number of amides is 1.